The van der Waals surface area contributed by atoms with Gasteiger partial charge in [0.25, 0.3) is 0 Å². The normalized spacial score (nSPS) is 14.6. The highest BCUT2D eigenvalue weighted by Crippen LogP contribution is 2.43. The molecule has 0 heterocycles. The maximum Gasteiger partial charge on any atom is 0.472 e. The van der Waals surface area contributed by atoms with E-state index in [2.05, 4.69) is 78.3 Å². The second-order valence-corrected chi connectivity index (χ2v) is 15.5. The summed E-state index contributed by atoms with van der Waals surface area (Å²) in [5.41, 5.74) is 0. The summed E-state index contributed by atoms with van der Waals surface area (Å²) in [4.78, 5) is 34.9. The number of carbonyl (C=O) groups is 2. The van der Waals surface area contributed by atoms with Crippen LogP contribution in [0.3, 0.4) is 0 Å². The summed E-state index contributed by atoms with van der Waals surface area (Å²) in [5, 5.41) is 27.1. The van der Waals surface area contributed by atoms with Gasteiger partial charge in [0.1, 0.15) is 12.7 Å². The molecular formula is C46H77O11P. The van der Waals surface area contributed by atoms with Gasteiger partial charge in [0.2, 0.25) is 0 Å². The monoisotopic (exact) mass is 837 g/mol. The highest BCUT2D eigenvalue weighted by atomic mass is 31.2. The van der Waals surface area contributed by atoms with E-state index >= 15 is 0 Å². The number of esters is 2. The molecule has 0 radical (unpaired) electrons. The molecule has 0 aliphatic heterocycles. The molecule has 1 unspecified atom stereocenters. The van der Waals surface area contributed by atoms with Gasteiger partial charge in [-0.25, -0.2) is 4.57 Å². The Hall–Kier alpha value is -2.89. The molecule has 332 valence electrons. The van der Waals surface area contributed by atoms with E-state index in [1.54, 1.807) is 0 Å². The zero-order chi connectivity index (χ0) is 42.6. The minimum atomic E-state index is -4.65. The number of allylic oxidation sites excluding steroid dienone is 14. The number of ether oxygens (including phenoxy) is 2. The largest absolute Gasteiger partial charge is 0.472 e. The molecule has 0 fully saturated rings. The Bertz CT molecular complexity index is 1240. The lowest BCUT2D eigenvalue weighted by atomic mass is 10.1. The molecule has 0 aromatic heterocycles. The molecule has 11 nitrogen and oxygen atoms in total. The molecule has 0 aliphatic carbocycles. The Morgan fingerprint density at radius 1 is 0.534 bits per heavy atom. The van der Waals surface area contributed by atoms with Crippen molar-refractivity contribution in [2.75, 3.05) is 33.0 Å². The molecule has 0 bridgehead atoms. The van der Waals surface area contributed by atoms with E-state index in [4.69, 9.17) is 24.2 Å². The second-order valence-electron chi connectivity index (χ2n) is 14.1. The molecule has 0 amide bonds. The summed E-state index contributed by atoms with van der Waals surface area (Å²) in [6.45, 7) is 0.233. The van der Waals surface area contributed by atoms with E-state index in [9.17, 15) is 24.2 Å². The number of hydrogen-bond acceptors (Lipinski definition) is 10. The number of hydrogen-bond donors (Lipinski definition) is 4. The number of phosphoric acid groups is 1. The van der Waals surface area contributed by atoms with Crippen molar-refractivity contribution in [3.8, 4) is 0 Å². The lowest BCUT2D eigenvalue weighted by Crippen LogP contribution is -2.29. The summed E-state index contributed by atoms with van der Waals surface area (Å²) in [7, 11) is -4.65. The SMILES string of the molecule is CCCCCCCC/C=C\C/C=C\C/C=C\CCCC(=O)OC[C@H](COP(=O)(O)OC[C@@H](O)CO)OC(=O)CCC/C=C\C/C=C\C/C=C\C/C=C\CCCCCO. The highest BCUT2D eigenvalue weighted by molar-refractivity contribution is 7.47. The van der Waals surface area contributed by atoms with Gasteiger partial charge < -0.3 is 29.7 Å². The van der Waals surface area contributed by atoms with Crippen LogP contribution in [0, 0.1) is 0 Å². The number of unbranched alkanes of at least 4 members (excludes halogenated alkanes) is 11. The summed E-state index contributed by atoms with van der Waals surface area (Å²) >= 11 is 0. The van der Waals surface area contributed by atoms with Gasteiger partial charge in [0, 0.05) is 19.4 Å². The standard InChI is InChI=1S/C46H77O11P/c1-2-3-4-5-6-7-8-9-10-12-15-18-21-24-27-30-33-36-45(50)54-41-44(42-56-58(52,53)55-40-43(49)39-48)57-46(51)37-34-31-28-25-22-19-16-13-11-14-17-20-23-26-29-32-35-38-47/h9-11,14-16,18-20,23-25,27-28,43-44,47-49H,2-8,12-13,17,21-22,26,29-42H2,1H3,(H,52,53)/b10-9-,14-11-,18-15-,19-16-,23-20-,27-24-,28-25-/t43-,44+/m0/s1. The third-order valence-electron chi connectivity index (χ3n) is 8.58. The van der Waals surface area contributed by atoms with Crippen molar-refractivity contribution in [2.24, 2.45) is 0 Å². The summed E-state index contributed by atoms with van der Waals surface area (Å²) < 4.78 is 32.6. The van der Waals surface area contributed by atoms with Crippen molar-refractivity contribution >= 4 is 19.8 Å². The van der Waals surface area contributed by atoms with Gasteiger partial charge >= 0.3 is 19.8 Å². The van der Waals surface area contributed by atoms with Crippen LogP contribution >= 0.6 is 7.82 Å². The van der Waals surface area contributed by atoms with E-state index in [0.29, 0.717) is 25.7 Å². The van der Waals surface area contributed by atoms with Crippen molar-refractivity contribution in [1.82, 2.24) is 0 Å². The molecule has 0 aromatic rings. The minimum absolute atomic E-state index is 0.0833. The van der Waals surface area contributed by atoms with E-state index in [1.165, 1.54) is 38.5 Å². The third kappa shape index (κ3) is 41.3. The van der Waals surface area contributed by atoms with Gasteiger partial charge in [-0.3, -0.25) is 18.6 Å². The van der Waals surface area contributed by atoms with Gasteiger partial charge in [-0.05, 0) is 89.9 Å². The van der Waals surface area contributed by atoms with Crippen LogP contribution in [0.4, 0.5) is 0 Å². The predicted molar refractivity (Wildman–Crippen MR) is 234 cm³/mol. The molecule has 4 N–H and O–H groups in total. The maximum absolute atomic E-state index is 12.6. The zero-order valence-corrected chi connectivity index (χ0v) is 36.3. The number of rotatable bonds is 40. The fraction of sp³-hybridized carbons (Fsp3) is 0.652. The fourth-order valence-corrected chi connectivity index (χ4v) is 6.00. The predicted octanol–water partition coefficient (Wildman–Crippen LogP) is 10.4. The first kappa shape index (κ1) is 55.1. The van der Waals surface area contributed by atoms with Gasteiger partial charge in [-0.1, -0.05) is 131 Å². The number of aliphatic hydroxyl groups excluding tert-OH is 3. The smallest absolute Gasteiger partial charge is 0.462 e. The molecule has 0 aliphatic rings. The molecule has 58 heavy (non-hydrogen) atoms. The molecule has 3 atom stereocenters. The molecular weight excluding hydrogens is 759 g/mol. The van der Waals surface area contributed by atoms with Crippen molar-refractivity contribution in [1.29, 1.82) is 0 Å². The van der Waals surface area contributed by atoms with Crippen molar-refractivity contribution in [3.63, 3.8) is 0 Å². The Kier molecular flexibility index (Phi) is 40.1. The van der Waals surface area contributed by atoms with E-state index < -0.39 is 51.8 Å². The molecule has 0 rings (SSSR count). The topological polar surface area (TPSA) is 169 Å². The van der Waals surface area contributed by atoms with E-state index in [1.807, 2.05) is 18.2 Å². The molecule has 0 aromatic carbocycles. The first-order valence-electron chi connectivity index (χ1n) is 21.7. The quantitative estimate of drug-likeness (QED) is 0.0201. The molecule has 0 saturated carbocycles. The van der Waals surface area contributed by atoms with Gasteiger partial charge in [-0.15, -0.1) is 0 Å². The van der Waals surface area contributed by atoms with Crippen LogP contribution in [0.5, 0.6) is 0 Å². The van der Waals surface area contributed by atoms with Gasteiger partial charge in [0.15, 0.2) is 6.10 Å². The van der Waals surface area contributed by atoms with E-state index in [0.717, 1.165) is 64.2 Å². The summed E-state index contributed by atoms with van der Waals surface area (Å²) in [6, 6.07) is 0. The highest BCUT2D eigenvalue weighted by Gasteiger charge is 2.27. The van der Waals surface area contributed by atoms with Crippen LogP contribution in [-0.4, -0.2) is 77.4 Å². The Morgan fingerprint density at radius 3 is 1.43 bits per heavy atom. The van der Waals surface area contributed by atoms with Gasteiger partial charge in [0.05, 0.1) is 19.8 Å². The van der Waals surface area contributed by atoms with Crippen LogP contribution in [0.25, 0.3) is 0 Å². The average Bonchev–Trinajstić information content (AvgIpc) is 3.21. The maximum atomic E-state index is 12.6. The average molecular weight is 837 g/mol. The summed E-state index contributed by atoms with van der Waals surface area (Å²) in [5.74, 6) is -1.07. The van der Waals surface area contributed by atoms with Crippen LogP contribution in [0.1, 0.15) is 148 Å². The second kappa shape index (κ2) is 42.2. The summed E-state index contributed by atoms with van der Waals surface area (Å²) in [6.07, 6.45) is 47.2. The van der Waals surface area contributed by atoms with E-state index in [-0.39, 0.29) is 26.1 Å². The fourth-order valence-electron chi connectivity index (χ4n) is 5.21. The van der Waals surface area contributed by atoms with Crippen LogP contribution < -0.4 is 0 Å². The Balaban J connectivity index is 4.49. The molecule has 0 saturated heterocycles. The zero-order valence-electron chi connectivity index (χ0n) is 35.4. The van der Waals surface area contributed by atoms with Gasteiger partial charge in [-0.2, -0.15) is 0 Å². The van der Waals surface area contributed by atoms with Crippen LogP contribution in [-0.2, 0) is 32.7 Å². The third-order valence-corrected chi connectivity index (χ3v) is 9.53. The Morgan fingerprint density at radius 2 is 0.948 bits per heavy atom. The van der Waals surface area contributed by atoms with Crippen LogP contribution in [0.2, 0.25) is 0 Å². The Labute approximate surface area is 350 Å². The first-order valence-corrected chi connectivity index (χ1v) is 23.1. The lowest BCUT2D eigenvalue weighted by molar-refractivity contribution is -0.161. The number of aliphatic hydroxyl groups is 3. The lowest BCUT2D eigenvalue weighted by Gasteiger charge is -2.20. The number of carbonyl (C=O) groups excluding carboxylic acids is 2. The van der Waals surface area contributed by atoms with Crippen molar-refractivity contribution in [2.45, 2.75) is 160 Å². The van der Waals surface area contributed by atoms with Crippen molar-refractivity contribution in [3.05, 3.63) is 85.1 Å². The minimum Gasteiger partial charge on any atom is -0.462 e. The van der Waals surface area contributed by atoms with Crippen LogP contribution in [0.15, 0.2) is 85.1 Å². The molecule has 12 heteroatoms. The number of phosphoric ester groups is 1. The molecule has 0 spiro atoms. The first-order chi connectivity index (χ1) is 28.2. The van der Waals surface area contributed by atoms with Crippen molar-refractivity contribution < 1.29 is 52.9 Å².